The van der Waals surface area contributed by atoms with Gasteiger partial charge in [0.2, 0.25) is 5.91 Å². The molecule has 1 aromatic rings. The second-order valence-electron chi connectivity index (χ2n) is 5.10. The number of rotatable bonds is 8. The number of carbonyl (C=O) groups is 2. The fourth-order valence-corrected chi connectivity index (χ4v) is 1.88. The predicted octanol–water partition coefficient (Wildman–Crippen LogP) is 2.63. The number of benzene rings is 1. The van der Waals surface area contributed by atoms with Crippen LogP contribution < -0.4 is 10.6 Å². The molecule has 0 saturated carbocycles. The van der Waals surface area contributed by atoms with Crippen LogP contribution in [0.1, 0.15) is 25.8 Å². The zero-order valence-electron chi connectivity index (χ0n) is 13.2. The average Bonchev–Trinajstić information content (AvgIpc) is 2.55. The average molecular weight is 304 g/mol. The predicted molar refractivity (Wildman–Crippen MR) is 86.2 cm³/mol. The molecule has 0 bridgehead atoms. The van der Waals surface area contributed by atoms with E-state index in [1.807, 2.05) is 44.2 Å². The molecule has 0 saturated heterocycles. The summed E-state index contributed by atoms with van der Waals surface area (Å²) >= 11 is 0. The molecule has 0 aliphatic rings. The maximum atomic E-state index is 12.1. The van der Waals surface area contributed by atoms with E-state index in [1.165, 1.54) is 0 Å². The molecule has 2 atom stereocenters. The standard InChI is InChI=1S/C17H24N2O3/c1-4-11-18-16(20)15(13(3)5-2)19-17(21)22-12-14-9-7-6-8-10-14/h4,6-10,13,15H,1,5,11-12H2,2-3H3,(H,18,20)(H,19,21)/t13-,15-/m0/s1. The van der Waals surface area contributed by atoms with Crippen molar-refractivity contribution in [2.75, 3.05) is 6.54 Å². The molecule has 0 spiro atoms. The molecule has 1 rings (SSSR count). The van der Waals surface area contributed by atoms with Crippen LogP contribution in [0.15, 0.2) is 43.0 Å². The summed E-state index contributed by atoms with van der Waals surface area (Å²) in [5, 5.41) is 5.34. The van der Waals surface area contributed by atoms with Crippen LogP contribution in [0.2, 0.25) is 0 Å². The van der Waals surface area contributed by atoms with Crippen molar-refractivity contribution in [1.82, 2.24) is 10.6 Å². The molecule has 0 unspecified atom stereocenters. The summed E-state index contributed by atoms with van der Waals surface area (Å²) in [6, 6.07) is 8.77. The van der Waals surface area contributed by atoms with Crippen molar-refractivity contribution < 1.29 is 14.3 Å². The molecule has 22 heavy (non-hydrogen) atoms. The lowest BCUT2D eigenvalue weighted by Crippen LogP contribution is -2.50. The minimum atomic E-state index is -0.617. The lowest BCUT2D eigenvalue weighted by Gasteiger charge is -2.23. The number of amides is 2. The number of nitrogens with one attached hydrogen (secondary N) is 2. The zero-order chi connectivity index (χ0) is 16.4. The van der Waals surface area contributed by atoms with Crippen LogP contribution in [-0.4, -0.2) is 24.6 Å². The van der Waals surface area contributed by atoms with Gasteiger partial charge in [-0.05, 0) is 11.5 Å². The molecule has 5 heteroatoms. The van der Waals surface area contributed by atoms with Gasteiger partial charge in [0.25, 0.3) is 0 Å². The molecule has 0 aliphatic carbocycles. The van der Waals surface area contributed by atoms with Crippen LogP contribution in [-0.2, 0) is 16.1 Å². The van der Waals surface area contributed by atoms with Gasteiger partial charge in [-0.1, -0.05) is 56.7 Å². The maximum absolute atomic E-state index is 12.1. The van der Waals surface area contributed by atoms with Gasteiger partial charge in [0, 0.05) is 6.54 Å². The number of carbonyl (C=O) groups excluding carboxylic acids is 2. The molecule has 5 nitrogen and oxygen atoms in total. The van der Waals surface area contributed by atoms with Crippen molar-refractivity contribution in [3.8, 4) is 0 Å². The Morgan fingerprint density at radius 1 is 1.32 bits per heavy atom. The number of alkyl carbamates (subject to hydrolysis) is 1. The third-order valence-corrected chi connectivity index (χ3v) is 3.40. The molecule has 2 N–H and O–H groups in total. The van der Waals surface area contributed by atoms with Crippen molar-refractivity contribution in [2.24, 2.45) is 5.92 Å². The van der Waals surface area contributed by atoms with Gasteiger partial charge in [-0.15, -0.1) is 6.58 Å². The summed E-state index contributed by atoms with van der Waals surface area (Å²) in [6.45, 7) is 7.98. The molecule has 1 aromatic carbocycles. The lowest BCUT2D eigenvalue weighted by molar-refractivity contribution is -0.124. The summed E-state index contributed by atoms with van der Waals surface area (Å²) in [4.78, 5) is 24.0. The highest BCUT2D eigenvalue weighted by Crippen LogP contribution is 2.09. The van der Waals surface area contributed by atoms with E-state index < -0.39 is 12.1 Å². The first-order chi connectivity index (χ1) is 10.6. The Morgan fingerprint density at radius 2 is 2.00 bits per heavy atom. The van der Waals surface area contributed by atoms with E-state index in [0.29, 0.717) is 6.54 Å². The Bertz CT molecular complexity index is 488. The van der Waals surface area contributed by atoms with Gasteiger partial charge in [0.15, 0.2) is 0 Å². The summed E-state index contributed by atoms with van der Waals surface area (Å²) in [7, 11) is 0. The molecule has 120 valence electrons. The molecule has 0 fully saturated rings. The highest BCUT2D eigenvalue weighted by Gasteiger charge is 2.25. The lowest BCUT2D eigenvalue weighted by atomic mass is 9.98. The van der Waals surface area contributed by atoms with Crippen LogP contribution in [0.3, 0.4) is 0 Å². The number of hydrogen-bond donors (Lipinski definition) is 2. The SMILES string of the molecule is C=CCNC(=O)[C@@H](NC(=O)OCc1ccccc1)[C@@H](C)CC. The first-order valence-electron chi connectivity index (χ1n) is 7.44. The van der Waals surface area contributed by atoms with Crippen LogP contribution in [0.25, 0.3) is 0 Å². The maximum Gasteiger partial charge on any atom is 0.408 e. The monoisotopic (exact) mass is 304 g/mol. The van der Waals surface area contributed by atoms with Gasteiger partial charge >= 0.3 is 6.09 Å². The van der Waals surface area contributed by atoms with E-state index in [1.54, 1.807) is 6.08 Å². The molecular weight excluding hydrogens is 280 g/mol. The Kier molecular flexibility index (Phi) is 7.75. The van der Waals surface area contributed by atoms with Gasteiger partial charge in [-0.25, -0.2) is 4.79 Å². The third kappa shape index (κ3) is 5.99. The van der Waals surface area contributed by atoms with Gasteiger partial charge in [-0.2, -0.15) is 0 Å². The van der Waals surface area contributed by atoms with Gasteiger partial charge in [-0.3, -0.25) is 4.79 Å². The molecule has 0 radical (unpaired) electrons. The number of ether oxygens (including phenoxy) is 1. The first kappa shape index (κ1) is 17.8. The fraction of sp³-hybridized carbons (Fsp3) is 0.412. The van der Waals surface area contributed by atoms with E-state index in [-0.39, 0.29) is 18.4 Å². The van der Waals surface area contributed by atoms with E-state index >= 15 is 0 Å². The summed E-state index contributed by atoms with van der Waals surface area (Å²) in [6.07, 6.45) is 1.77. The molecule has 0 aromatic heterocycles. The van der Waals surface area contributed by atoms with Crippen molar-refractivity contribution in [1.29, 1.82) is 0 Å². The Balaban J connectivity index is 2.55. The van der Waals surface area contributed by atoms with Crippen molar-refractivity contribution in [3.63, 3.8) is 0 Å². The van der Waals surface area contributed by atoms with Gasteiger partial charge in [0.1, 0.15) is 12.6 Å². The van der Waals surface area contributed by atoms with E-state index in [0.717, 1.165) is 12.0 Å². The quantitative estimate of drug-likeness (QED) is 0.726. The summed E-state index contributed by atoms with van der Waals surface area (Å²) < 4.78 is 5.16. The third-order valence-electron chi connectivity index (χ3n) is 3.40. The number of hydrogen-bond acceptors (Lipinski definition) is 3. The van der Waals surface area contributed by atoms with Crippen molar-refractivity contribution in [3.05, 3.63) is 48.6 Å². The molecule has 0 aliphatic heterocycles. The molecule has 2 amide bonds. The normalized spacial score (nSPS) is 12.8. The Hall–Kier alpha value is -2.30. The Labute approximate surface area is 131 Å². The van der Waals surface area contributed by atoms with E-state index in [2.05, 4.69) is 17.2 Å². The molecule has 0 heterocycles. The largest absolute Gasteiger partial charge is 0.445 e. The van der Waals surface area contributed by atoms with Crippen LogP contribution in [0, 0.1) is 5.92 Å². The highest BCUT2D eigenvalue weighted by molar-refractivity contribution is 5.85. The smallest absolute Gasteiger partial charge is 0.408 e. The minimum absolute atomic E-state index is 0.00842. The zero-order valence-corrected chi connectivity index (χ0v) is 13.2. The first-order valence-corrected chi connectivity index (χ1v) is 7.44. The van der Waals surface area contributed by atoms with Crippen molar-refractivity contribution in [2.45, 2.75) is 32.9 Å². The molecular formula is C17H24N2O3. The second kappa shape index (κ2) is 9.60. The Morgan fingerprint density at radius 3 is 2.59 bits per heavy atom. The summed E-state index contributed by atoms with van der Waals surface area (Å²) in [5.41, 5.74) is 0.897. The second-order valence-corrected chi connectivity index (χ2v) is 5.10. The van der Waals surface area contributed by atoms with Gasteiger partial charge < -0.3 is 15.4 Å². The van der Waals surface area contributed by atoms with Crippen molar-refractivity contribution >= 4 is 12.0 Å². The minimum Gasteiger partial charge on any atom is -0.445 e. The summed E-state index contributed by atoms with van der Waals surface area (Å²) in [5.74, 6) is -0.222. The van der Waals surface area contributed by atoms with Crippen LogP contribution >= 0.6 is 0 Å². The van der Waals surface area contributed by atoms with Gasteiger partial charge in [0.05, 0.1) is 0 Å². The van der Waals surface area contributed by atoms with Crippen LogP contribution in [0.4, 0.5) is 4.79 Å². The van der Waals surface area contributed by atoms with E-state index in [9.17, 15) is 9.59 Å². The highest BCUT2D eigenvalue weighted by atomic mass is 16.5. The van der Waals surface area contributed by atoms with E-state index in [4.69, 9.17) is 4.74 Å². The fourth-order valence-electron chi connectivity index (χ4n) is 1.88. The topological polar surface area (TPSA) is 67.4 Å². The van der Waals surface area contributed by atoms with Crippen LogP contribution in [0.5, 0.6) is 0 Å².